The van der Waals surface area contributed by atoms with Crippen LogP contribution in [0, 0.1) is 50.7 Å². The topological polar surface area (TPSA) is 49.7 Å². The van der Waals surface area contributed by atoms with Crippen LogP contribution in [0.1, 0.15) is 86.0 Å². The van der Waals surface area contributed by atoms with Crippen LogP contribution in [0.2, 0.25) is 0 Å². The van der Waals surface area contributed by atoms with Crippen molar-refractivity contribution >= 4 is 0 Å². The van der Waals surface area contributed by atoms with Crippen LogP contribution in [0.3, 0.4) is 0 Å². The van der Waals surface area contributed by atoms with Gasteiger partial charge in [-0.25, -0.2) is 0 Å². The summed E-state index contributed by atoms with van der Waals surface area (Å²) in [5.41, 5.74) is 0.869. The van der Waals surface area contributed by atoms with Crippen LogP contribution in [0.15, 0.2) is 12.7 Å². The number of fused-ring (bicyclic) bond motifs is 4. The molecule has 12 unspecified atom stereocenters. The summed E-state index contributed by atoms with van der Waals surface area (Å²) >= 11 is 0. The molecule has 2 N–H and O–H groups in total. The van der Waals surface area contributed by atoms with Gasteiger partial charge in [0.2, 0.25) is 0 Å². The van der Waals surface area contributed by atoms with Crippen molar-refractivity contribution in [2.75, 3.05) is 0 Å². The molecule has 2 spiro atoms. The van der Waals surface area contributed by atoms with Gasteiger partial charge >= 0.3 is 0 Å². The second kappa shape index (κ2) is 5.99. The minimum absolute atomic E-state index is 0.0193. The molecule has 3 nitrogen and oxygen atoms in total. The molecule has 6 fully saturated rings. The van der Waals surface area contributed by atoms with Crippen molar-refractivity contribution in [2.24, 2.45) is 50.7 Å². The highest BCUT2D eigenvalue weighted by Gasteiger charge is 2.84. The van der Waals surface area contributed by atoms with E-state index in [1.807, 2.05) is 6.08 Å². The first-order valence-electron chi connectivity index (χ1n) is 13.1. The van der Waals surface area contributed by atoms with Gasteiger partial charge in [-0.15, -0.1) is 6.58 Å². The molecule has 31 heavy (non-hydrogen) atoms. The first kappa shape index (κ1) is 21.2. The maximum Gasteiger partial charge on any atom is 0.0883 e. The van der Waals surface area contributed by atoms with Crippen LogP contribution in [0.5, 0.6) is 0 Å². The van der Waals surface area contributed by atoms with Crippen molar-refractivity contribution < 1.29 is 14.9 Å². The largest absolute Gasteiger partial charge is 0.393 e. The quantitative estimate of drug-likeness (QED) is 0.554. The van der Waals surface area contributed by atoms with E-state index in [-0.39, 0.29) is 40.7 Å². The van der Waals surface area contributed by atoms with Crippen molar-refractivity contribution in [1.29, 1.82) is 0 Å². The highest BCUT2D eigenvalue weighted by Crippen LogP contribution is 2.89. The number of hydrogen-bond donors (Lipinski definition) is 2. The lowest BCUT2D eigenvalue weighted by Crippen LogP contribution is -2.59. The average molecular weight is 429 g/mol. The molecule has 0 aromatic heterocycles. The third-order valence-corrected chi connectivity index (χ3v) is 13.1. The molecular formula is C28H44O3. The third-order valence-electron chi connectivity index (χ3n) is 13.1. The second-order valence-electron chi connectivity index (χ2n) is 13.8. The minimum atomic E-state index is -0.383. The first-order chi connectivity index (χ1) is 14.5. The number of aliphatic hydroxyl groups is 2. The predicted molar refractivity (Wildman–Crippen MR) is 122 cm³/mol. The van der Waals surface area contributed by atoms with Crippen molar-refractivity contribution in [3.8, 4) is 0 Å². The standard InChI is InChI=1S/C28H44O3/c1-7-17-14-16(2)21-22(31-17)23(30)26(6)19-9-8-18-24(3,4)20(29)10-11-27(18)15-28(19,27)13-12-25(21,26)5/h7,16-23,29-30H,1,8-15H2,2-6H3. The zero-order valence-corrected chi connectivity index (χ0v) is 20.4. The maximum atomic E-state index is 12.0. The third kappa shape index (κ3) is 2.10. The van der Waals surface area contributed by atoms with Crippen molar-refractivity contribution in [3.63, 3.8) is 0 Å². The van der Waals surface area contributed by atoms with Gasteiger partial charge in [0.25, 0.3) is 0 Å². The Balaban J connectivity index is 1.41. The lowest BCUT2D eigenvalue weighted by Gasteiger charge is -2.63. The van der Waals surface area contributed by atoms with Crippen molar-refractivity contribution in [1.82, 2.24) is 0 Å². The Kier molecular flexibility index (Phi) is 4.09. The van der Waals surface area contributed by atoms with Crippen molar-refractivity contribution in [3.05, 3.63) is 12.7 Å². The van der Waals surface area contributed by atoms with Crippen molar-refractivity contribution in [2.45, 2.75) is 110 Å². The fraction of sp³-hybridized carbons (Fsp3) is 0.929. The second-order valence-corrected chi connectivity index (χ2v) is 13.8. The van der Waals surface area contributed by atoms with E-state index < -0.39 is 0 Å². The number of ether oxygens (including phenoxy) is 1. The van der Waals surface area contributed by atoms with E-state index in [2.05, 4.69) is 41.2 Å². The van der Waals surface area contributed by atoms with E-state index in [4.69, 9.17) is 4.74 Å². The number of hydrogen-bond acceptors (Lipinski definition) is 3. The smallest absolute Gasteiger partial charge is 0.0883 e. The molecule has 6 aliphatic rings. The molecule has 174 valence electrons. The first-order valence-corrected chi connectivity index (χ1v) is 13.1. The summed E-state index contributed by atoms with van der Waals surface area (Å²) in [6, 6.07) is 0. The summed E-state index contributed by atoms with van der Waals surface area (Å²) in [5.74, 6) is 2.22. The monoisotopic (exact) mass is 428 g/mol. The summed E-state index contributed by atoms with van der Waals surface area (Å²) in [7, 11) is 0. The van der Waals surface area contributed by atoms with Crippen LogP contribution in [0.25, 0.3) is 0 Å². The van der Waals surface area contributed by atoms with Gasteiger partial charge in [-0.3, -0.25) is 0 Å². The number of aliphatic hydroxyl groups excluding tert-OH is 2. The Morgan fingerprint density at radius 3 is 2.32 bits per heavy atom. The van der Waals surface area contributed by atoms with Gasteiger partial charge in [0.15, 0.2) is 0 Å². The summed E-state index contributed by atoms with van der Waals surface area (Å²) in [5, 5.41) is 22.8. The van der Waals surface area contributed by atoms with Crippen LogP contribution >= 0.6 is 0 Å². The zero-order valence-electron chi connectivity index (χ0n) is 20.4. The summed E-state index contributed by atoms with van der Waals surface area (Å²) in [6.45, 7) is 16.0. The van der Waals surface area contributed by atoms with Crippen LogP contribution in [-0.4, -0.2) is 34.6 Å². The Morgan fingerprint density at radius 1 is 0.935 bits per heavy atom. The molecule has 0 bridgehead atoms. The lowest BCUT2D eigenvalue weighted by atomic mass is 9.41. The van der Waals surface area contributed by atoms with Gasteiger partial charge in [-0.1, -0.05) is 40.7 Å². The average Bonchev–Trinajstić information content (AvgIpc) is 3.36. The fourth-order valence-electron chi connectivity index (χ4n) is 11.5. The van der Waals surface area contributed by atoms with Gasteiger partial charge in [0, 0.05) is 5.41 Å². The van der Waals surface area contributed by atoms with E-state index in [0.717, 1.165) is 12.8 Å². The molecule has 1 aliphatic heterocycles. The predicted octanol–water partition coefficient (Wildman–Crippen LogP) is 5.35. The van der Waals surface area contributed by atoms with E-state index >= 15 is 0 Å². The van der Waals surface area contributed by atoms with Crippen LogP contribution in [-0.2, 0) is 4.74 Å². The molecule has 1 saturated heterocycles. The highest BCUT2D eigenvalue weighted by molar-refractivity contribution is 5.32. The summed E-state index contributed by atoms with van der Waals surface area (Å²) < 4.78 is 6.54. The lowest BCUT2D eigenvalue weighted by molar-refractivity contribution is -0.182. The Morgan fingerprint density at radius 2 is 1.61 bits per heavy atom. The minimum Gasteiger partial charge on any atom is -0.393 e. The van der Waals surface area contributed by atoms with Gasteiger partial charge < -0.3 is 14.9 Å². The maximum absolute atomic E-state index is 12.0. The zero-order chi connectivity index (χ0) is 22.2. The number of rotatable bonds is 1. The van der Waals surface area contributed by atoms with Gasteiger partial charge in [0.05, 0.1) is 24.4 Å². The highest BCUT2D eigenvalue weighted by atomic mass is 16.5. The molecule has 6 rings (SSSR count). The molecule has 5 saturated carbocycles. The van der Waals surface area contributed by atoms with Gasteiger partial charge in [0.1, 0.15) is 0 Å². The molecule has 5 aliphatic carbocycles. The van der Waals surface area contributed by atoms with E-state index in [9.17, 15) is 10.2 Å². The van der Waals surface area contributed by atoms with Crippen LogP contribution in [0.4, 0.5) is 0 Å². The Bertz CT molecular complexity index is 806. The molecule has 0 aromatic rings. The fourth-order valence-corrected chi connectivity index (χ4v) is 11.5. The van der Waals surface area contributed by atoms with Gasteiger partial charge in [-0.05, 0) is 96.7 Å². The molecule has 1 heterocycles. The van der Waals surface area contributed by atoms with Crippen LogP contribution < -0.4 is 0 Å². The SMILES string of the molecule is C=CC1CC(C)C2C(O1)C(O)C1(C)C3CCC4C(C)(C)C(O)CCC45CC35CCC21C. The van der Waals surface area contributed by atoms with E-state index in [0.29, 0.717) is 34.5 Å². The molecule has 0 radical (unpaired) electrons. The normalized spacial score (nSPS) is 63.7. The molecular weight excluding hydrogens is 384 g/mol. The Labute approximate surface area is 189 Å². The van der Waals surface area contributed by atoms with E-state index in [1.165, 1.54) is 38.5 Å². The molecule has 12 atom stereocenters. The van der Waals surface area contributed by atoms with Gasteiger partial charge in [-0.2, -0.15) is 0 Å². The summed E-state index contributed by atoms with van der Waals surface area (Å²) in [4.78, 5) is 0. The summed E-state index contributed by atoms with van der Waals surface area (Å²) in [6.07, 6.45) is 10.9. The molecule has 0 aromatic carbocycles. The molecule has 0 amide bonds. The van der Waals surface area contributed by atoms with E-state index in [1.54, 1.807) is 0 Å². The Hall–Kier alpha value is -0.380. The molecule has 3 heteroatoms.